The Morgan fingerprint density at radius 1 is 1.00 bits per heavy atom. The Morgan fingerprint density at radius 3 is 2.55 bits per heavy atom. The van der Waals surface area contributed by atoms with E-state index in [1.54, 1.807) is 12.1 Å². The summed E-state index contributed by atoms with van der Waals surface area (Å²) in [6.07, 6.45) is 4.09. The molecule has 2 aliphatic rings. The minimum absolute atomic E-state index is 0.176. The van der Waals surface area contributed by atoms with Gasteiger partial charge in [-0.2, -0.15) is 0 Å². The molecule has 3 heterocycles. The van der Waals surface area contributed by atoms with Crippen molar-refractivity contribution in [3.05, 3.63) is 48.4 Å². The van der Waals surface area contributed by atoms with Gasteiger partial charge in [-0.1, -0.05) is 6.07 Å². The predicted octanol–water partition coefficient (Wildman–Crippen LogP) is 3.83. The quantitative estimate of drug-likeness (QED) is 0.829. The molecular weight excluding hydrogens is 365 g/mol. The van der Waals surface area contributed by atoms with Crippen LogP contribution in [0.5, 0.6) is 0 Å². The molecule has 0 spiro atoms. The van der Waals surface area contributed by atoms with E-state index in [9.17, 15) is 4.39 Å². The fourth-order valence-electron chi connectivity index (χ4n) is 4.40. The molecular formula is C23H32FN5. The summed E-state index contributed by atoms with van der Waals surface area (Å²) >= 11 is 0. The van der Waals surface area contributed by atoms with Gasteiger partial charge in [0.25, 0.3) is 0 Å². The average molecular weight is 398 g/mol. The van der Waals surface area contributed by atoms with Crippen molar-refractivity contribution < 1.29 is 4.39 Å². The third-order valence-corrected chi connectivity index (χ3v) is 6.10. The molecule has 1 aromatic heterocycles. The number of rotatable bonds is 5. The SMILES string of the molecule is CC(C)N1CCN(c2ccnc(N[C@@H]3CCCN(c4cccc(F)c4)C3)c2)CC1. The van der Waals surface area contributed by atoms with Crippen LogP contribution in [0.3, 0.4) is 0 Å². The summed E-state index contributed by atoms with van der Waals surface area (Å²) in [5.74, 6) is 0.754. The number of nitrogens with one attached hydrogen (secondary N) is 1. The molecule has 2 aliphatic heterocycles. The first-order valence-electron chi connectivity index (χ1n) is 10.8. The van der Waals surface area contributed by atoms with E-state index >= 15 is 0 Å². The standard InChI is InChI=1S/C23H32FN5/c1-18(2)27-11-13-28(14-12-27)22-8-9-25-23(16-22)26-20-6-4-10-29(17-20)21-7-3-5-19(24)15-21/h3,5,7-9,15-16,18,20H,4,6,10-14,17H2,1-2H3,(H,25,26)/t20-/m1/s1. The van der Waals surface area contributed by atoms with Gasteiger partial charge in [0.1, 0.15) is 11.6 Å². The minimum Gasteiger partial charge on any atom is -0.369 e. The molecule has 0 bridgehead atoms. The summed E-state index contributed by atoms with van der Waals surface area (Å²) in [4.78, 5) is 11.8. The molecule has 0 unspecified atom stereocenters. The number of benzene rings is 1. The largest absolute Gasteiger partial charge is 0.369 e. The fourth-order valence-corrected chi connectivity index (χ4v) is 4.40. The highest BCUT2D eigenvalue weighted by molar-refractivity contribution is 5.55. The van der Waals surface area contributed by atoms with Crippen molar-refractivity contribution in [1.29, 1.82) is 0 Å². The summed E-state index contributed by atoms with van der Waals surface area (Å²) in [5.41, 5.74) is 2.20. The lowest BCUT2D eigenvalue weighted by Crippen LogP contribution is -2.48. The van der Waals surface area contributed by atoms with Gasteiger partial charge in [0.15, 0.2) is 0 Å². The first kappa shape index (κ1) is 20.0. The third-order valence-electron chi connectivity index (χ3n) is 6.10. The van der Waals surface area contributed by atoms with Crippen molar-refractivity contribution in [2.45, 2.75) is 38.8 Å². The van der Waals surface area contributed by atoms with Crippen LogP contribution in [-0.4, -0.2) is 61.2 Å². The second-order valence-corrected chi connectivity index (χ2v) is 8.43. The number of hydrogen-bond acceptors (Lipinski definition) is 5. The molecule has 29 heavy (non-hydrogen) atoms. The molecule has 6 heteroatoms. The molecule has 2 fully saturated rings. The number of aromatic nitrogens is 1. The van der Waals surface area contributed by atoms with Crippen molar-refractivity contribution >= 4 is 17.2 Å². The Labute approximate surface area is 173 Å². The van der Waals surface area contributed by atoms with Gasteiger partial charge in [-0.05, 0) is 51.0 Å². The maximum Gasteiger partial charge on any atom is 0.128 e. The van der Waals surface area contributed by atoms with Crippen LogP contribution >= 0.6 is 0 Å². The lowest BCUT2D eigenvalue weighted by molar-refractivity contribution is 0.209. The highest BCUT2D eigenvalue weighted by atomic mass is 19.1. The summed E-state index contributed by atoms with van der Waals surface area (Å²) in [6, 6.07) is 12.1. The summed E-state index contributed by atoms with van der Waals surface area (Å²) in [7, 11) is 0. The van der Waals surface area contributed by atoms with Crippen molar-refractivity contribution in [1.82, 2.24) is 9.88 Å². The molecule has 0 radical (unpaired) electrons. The first-order chi connectivity index (χ1) is 14.1. The second-order valence-electron chi connectivity index (χ2n) is 8.43. The number of pyridine rings is 1. The zero-order valence-electron chi connectivity index (χ0n) is 17.5. The van der Waals surface area contributed by atoms with Crippen LogP contribution in [0.15, 0.2) is 42.6 Å². The van der Waals surface area contributed by atoms with Crippen LogP contribution in [0.4, 0.5) is 21.6 Å². The zero-order valence-corrected chi connectivity index (χ0v) is 17.5. The maximum atomic E-state index is 13.6. The topological polar surface area (TPSA) is 34.6 Å². The number of nitrogens with zero attached hydrogens (tertiary/aromatic N) is 4. The Hall–Kier alpha value is -2.34. The Kier molecular flexibility index (Phi) is 6.19. The lowest BCUT2D eigenvalue weighted by atomic mass is 10.0. The molecule has 2 aromatic rings. The van der Waals surface area contributed by atoms with E-state index in [0.29, 0.717) is 12.1 Å². The van der Waals surface area contributed by atoms with Crippen LogP contribution in [0, 0.1) is 5.82 Å². The number of anilines is 3. The highest BCUT2D eigenvalue weighted by Gasteiger charge is 2.22. The minimum atomic E-state index is -0.176. The van der Waals surface area contributed by atoms with Crippen molar-refractivity contribution in [2.75, 3.05) is 54.4 Å². The van der Waals surface area contributed by atoms with Crippen LogP contribution in [0.1, 0.15) is 26.7 Å². The van der Waals surface area contributed by atoms with Crippen LogP contribution in [0.25, 0.3) is 0 Å². The number of halogens is 1. The van der Waals surface area contributed by atoms with Gasteiger partial charge in [0.2, 0.25) is 0 Å². The van der Waals surface area contributed by atoms with Gasteiger partial charge in [0.05, 0.1) is 0 Å². The molecule has 1 atom stereocenters. The molecule has 1 N–H and O–H groups in total. The Bertz CT molecular complexity index is 803. The van der Waals surface area contributed by atoms with Crippen molar-refractivity contribution in [2.24, 2.45) is 0 Å². The van der Waals surface area contributed by atoms with Crippen LogP contribution in [0.2, 0.25) is 0 Å². The highest BCUT2D eigenvalue weighted by Crippen LogP contribution is 2.24. The third kappa shape index (κ3) is 4.99. The first-order valence-corrected chi connectivity index (χ1v) is 10.8. The molecule has 0 saturated carbocycles. The summed E-state index contributed by atoms with van der Waals surface area (Å²) in [6.45, 7) is 10.7. The molecule has 1 aromatic carbocycles. The Morgan fingerprint density at radius 2 is 1.79 bits per heavy atom. The van der Waals surface area contributed by atoms with Gasteiger partial charge in [-0.15, -0.1) is 0 Å². The predicted molar refractivity (Wildman–Crippen MR) is 118 cm³/mol. The monoisotopic (exact) mass is 397 g/mol. The Balaban J connectivity index is 1.38. The lowest BCUT2D eigenvalue weighted by Gasteiger charge is -2.38. The molecule has 2 saturated heterocycles. The van der Waals surface area contributed by atoms with E-state index < -0.39 is 0 Å². The normalized spacial score (nSPS) is 20.9. The molecule has 156 valence electrons. The number of piperazine rings is 1. The molecule has 0 amide bonds. The van der Waals surface area contributed by atoms with E-state index in [0.717, 1.165) is 63.6 Å². The van der Waals surface area contributed by atoms with Gasteiger partial charge >= 0.3 is 0 Å². The van der Waals surface area contributed by atoms with Crippen LogP contribution < -0.4 is 15.1 Å². The van der Waals surface area contributed by atoms with Crippen LogP contribution in [-0.2, 0) is 0 Å². The van der Waals surface area contributed by atoms with E-state index in [1.807, 2.05) is 12.3 Å². The summed E-state index contributed by atoms with van der Waals surface area (Å²) < 4.78 is 13.6. The fraction of sp³-hybridized carbons (Fsp3) is 0.522. The van der Waals surface area contributed by atoms with E-state index in [1.165, 1.54) is 11.8 Å². The van der Waals surface area contributed by atoms with E-state index in [4.69, 9.17) is 0 Å². The smallest absolute Gasteiger partial charge is 0.128 e. The van der Waals surface area contributed by atoms with Gasteiger partial charge in [-0.25, -0.2) is 9.37 Å². The summed E-state index contributed by atoms with van der Waals surface area (Å²) in [5, 5.41) is 3.62. The van der Waals surface area contributed by atoms with Gasteiger partial charge in [-0.3, -0.25) is 4.90 Å². The molecule has 4 rings (SSSR count). The second kappa shape index (κ2) is 8.99. The van der Waals surface area contributed by atoms with E-state index in [2.05, 4.69) is 51.0 Å². The van der Waals surface area contributed by atoms with Gasteiger partial charge in [0, 0.05) is 75.0 Å². The maximum absolute atomic E-state index is 13.6. The molecule has 0 aliphatic carbocycles. The van der Waals surface area contributed by atoms with E-state index in [-0.39, 0.29) is 5.82 Å². The van der Waals surface area contributed by atoms with Crippen molar-refractivity contribution in [3.8, 4) is 0 Å². The average Bonchev–Trinajstić information content (AvgIpc) is 2.74. The molecule has 5 nitrogen and oxygen atoms in total. The number of piperidine rings is 1. The number of hydrogen-bond donors (Lipinski definition) is 1. The van der Waals surface area contributed by atoms with Crippen molar-refractivity contribution in [3.63, 3.8) is 0 Å². The zero-order chi connectivity index (χ0) is 20.2. The van der Waals surface area contributed by atoms with Gasteiger partial charge < -0.3 is 15.1 Å².